The van der Waals surface area contributed by atoms with Crippen molar-refractivity contribution in [2.24, 2.45) is 5.18 Å². The van der Waals surface area contributed by atoms with Crippen LogP contribution in [0.1, 0.15) is 36.0 Å². The lowest BCUT2D eigenvalue weighted by atomic mass is 10.2. The summed E-state index contributed by atoms with van der Waals surface area (Å²) in [5.41, 5.74) is -0.0947. The number of hydrogen-bond donors (Lipinski definition) is 0. The molecule has 1 saturated heterocycles. The molecule has 0 bridgehead atoms. The predicted molar refractivity (Wildman–Crippen MR) is 57.9 cm³/mol. The Morgan fingerprint density at radius 1 is 1.65 bits per heavy atom. The zero-order valence-electron chi connectivity index (χ0n) is 9.46. The van der Waals surface area contributed by atoms with Gasteiger partial charge in [-0.25, -0.2) is 9.48 Å². The number of carbonyl (C=O) groups excluding carboxylic acids is 1. The number of esters is 1. The Hall–Kier alpha value is -1.76. The van der Waals surface area contributed by atoms with Gasteiger partial charge in [0.05, 0.1) is 13.3 Å². The van der Waals surface area contributed by atoms with E-state index < -0.39 is 5.97 Å². The fraction of sp³-hybridized carbons (Fsp3) is 0.600. The van der Waals surface area contributed by atoms with Crippen molar-refractivity contribution in [3.05, 3.63) is 16.8 Å². The van der Waals surface area contributed by atoms with Gasteiger partial charge in [0.2, 0.25) is 0 Å². The van der Waals surface area contributed by atoms with Gasteiger partial charge in [0.15, 0.2) is 11.4 Å². The van der Waals surface area contributed by atoms with E-state index in [-0.39, 0.29) is 17.6 Å². The fourth-order valence-corrected chi connectivity index (χ4v) is 1.77. The van der Waals surface area contributed by atoms with Crippen LogP contribution in [0.3, 0.4) is 0 Å². The molecule has 0 N–H and O–H groups in total. The summed E-state index contributed by atoms with van der Waals surface area (Å²) in [6.07, 6.45) is 4.03. The van der Waals surface area contributed by atoms with Gasteiger partial charge in [0, 0.05) is 6.61 Å². The molecule has 1 aromatic rings. The Labute approximate surface area is 97.7 Å². The Morgan fingerprint density at radius 2 is 2.47 bits per heavy atom. The summed E-state index contributed by atoms with van der Waals surface area (Å²) in [5, 5.41) is 6.76. The van der Waals surface area contributed by atoms with Crippen molar-refractivity contribution in [2.45, 2.75) is 25.5 Å². The van der Waals surface area contributed by atoms with E-state index in [2.05, 4.69) is 15.0 Å². The molecule has 0 saturated carbocycles. The maximum atomic E-state index is 11.4. The molecule has 0 aromatic carbocycles. The minimum atomic E-state index is -0.672. The van der Waals surface area contributed by atoms with Gasteiger partial charge in [-0.3, -0.25) is 0 Å². The number of aromatic nitrogens is 2. The maximum Gasteiger partial charge on any atom is 0.360 e. The van der Waals surface area contributed by atoms with Crippen molar-refractivity contribution >= 4 is 11.7 Å². The van der Waals surface area contributed by atoms with Crippen LogP contribution in [-0.2, 0) is 9.47 Å². The molecule has 1 atom stereocenters. The molecule has 0 aliphatic carbocycles. The highest BCUT2D eigenvalue weighted by Crippen LogP contribution is 2.26. The van der Waals surface area contributed by atoms with Gasteiger partial charge in [0.25, 0.3) is 0 Å². The lowest BCUT2D eigenvalue weighted by molar-refractivity contribution is -0.0396. The van der Waals surface area contributed by atoms with Crippen LogP contribution in [0.2, 0.25) is 0 Å². The third-order valence-electron chi connectivity index (χ3n) is 2.64. The highest BCUT2D eigenvalue weighted by Gasteiger charge is 2.23. The van der Waals surface area contributed by atoms with E-state index in [9.17, 15) is 9.70 Å². The molecule has 17 heavy (non-hydrogen) atoms. The first-order valence-electron chi connectivity index (χ1n) is 5.38. The molecule has 0 spiro atoms. The minimum absolute atomic E-state index is 0.0222. The lowest BCUT2D eigenvalue weighted by Crippen LogP contribution is -2.19. The van der Waals surface area contributed by atoms with Crippen molar-refractivity contribution in [1.29, 1.82) is 0 Å². The first-order chi connectivity index (χ1) is 8.26. The normalized spacial score (nSPS) is 19.9. The highest BCUT2D eigenvalue weighted by atomic mass is 16.5. The fourth-order valence-electron chi connectivity index (χ4n) is 1.77. The summed E-state index contributed by atoms with van der Waals surface area (Å²) in [6, 6.07) is 0. The van der Waals surface area contributed by atoms with Crippen LogP contribution in [0, 0.1) is 4.91 Å². The van der Waals surface area contributed by atoms with Crippen molar-refractivity contribution < 1.29 is 14.3 Å². The van der Waals surface area contributed by atoms with Crippen molar-refractivity contribution in [3.63, 3.8) is 0 Å². The molecule has 2 rings (SSSR count). The molecule has 92 valence electrons. The topological polar surface area (TPSA) is 82.8 Å². The summed E-state index contributed by atoms with van der Waals surface area (Å²) in [4.78, 5) is 21.9. The first kappa shape index (κ1) is 11.7. The molecule has 1 unspecified atom stereocenters. The monoisotopic (exact) mass is 239 g/mol. The molecule has 1 aromatic heterocycles. The lowest BCUT2D eigenvalue weighted by Gasteiger charge is -2.22. The third-order valence-corrected chi connectivity index (χ3v) is 2.64. The van der Waals surface area contributed by atoms with E-state index in [1.807, 2.05) is 0 Å². The molecule has 1 aliphatic rings. The summed E-state index contributed by atoms with van der Waals surface area (Å²) < 4.78 is 11.5. The van der Waals surface area contributed by atoms with Crippen LogP contribution in [0.25, 0.3) is 0 Å². The number of ether oxygens (including phenoxy) is 2. The summed E-state index contributed by atoms with van der Waals surface area (Å²) >= 11 is 0. The van der Waals surface area contributed by atoms with Gasteiger partial charge in [0.1, 0.15) is 6.23 Å². The van der Waals surface area contributed by atoms with E-state index in [1.165, 1.54) is 18.0 Å². The zero-order valence-corrected chi connectivity index (χ0v) is 9.46. The van der Waals surface area contributed by atoms with E-state index in [4.69, 9.17) is 4.74 Å². The number of carbonyl (C=O) groups is 1. The second-order valence-electron chi connectivity index (χ2n) is 3.75. The summed E-state index contributed by atoms with van der Waals surface area (Å²) in [6.45, 7) is 0.655. The Kier molecular flexibility index (Phi) is 3.48. The van der Waals surface area contributed by atoms with Crippen LogP contribution in [-0.4, -0.2) is 29.5 Å². The maximum absolute atomic E-state index is 11.4. The molecular formula is C10H13N3O4. The van der Waals surface area contributed by atoms with Gasteiger partial charge >= 0.3 is 5.97 Å². The molecule has 7 nitrogen and oxygen atoms in total. The second kappa shape index (κ2) is 5.05. The smallest absolute Gasteiger partial charge is 0.360 e. The molecule has 0 radical (unpaired) electrons. The van der Waals surface area contributed by atoms with Gasteiger partial charge in [-0.2, -0.15) is 5.10 Å². The SMILES string of the molecule is COC(=O)c1nn(C2CCCCO2)cc1N=O. The van der Waals surface area contributed by atoms with Crippen LogP contribution < -0.4 is 0 Å². The number of hydrogen-bond acceptors (Lipinski definition) is 6. The predicted octanol–water partition coefficient (Wildman–Crippen LogP) is 1.77. The Bertz CT molecular complexity index is 423. The molecular weight excluding hydrogens is 226 g/mol. The van der Waals surface area contributed by atoms with E-state index in [0.29, 0.717) is 6.61 Å². The molecule has 0 amide bonds. The number of nitrogens with zero attached hydrogens (tertiary/aromatic N) is 3. The first-order valence-corrected chi connectivity index (χ1v) is 5.38. The molecule has 1 fully saturated rings. The van der Waals surface area contributed by atoms with Crippen LogP contribution in [0.5, 0.6) is 0 Å². The van der Waals surface area contributed by atoms with Gasteiger partial charge < -0.3 is 9.47 Å². The Balaban J connectivity index is 2.26. The van der Waals surface area contributed by atoms with E-state index >= 15 is 0 Å². The number of methoxy groups -OCH3 is 1. The van der Waals surface area contributed by atoms with Crippen molar-refractivity contribution in [2.75, 3.05) is 13.7 Å². The summed E-state index contributed by atoms with van der Waals surface area (Å²) in [5.74, 6) is -0.672. The van der Waals surface area contributed by atoms with Crippen molar-refractivity contribution in [3.8, 4) is 0 Å². The quantitative estimate of drug-likeness (QED) is 0.593. The van der Waals surface area contributed by atoms with Crippen molar-refractivity contribution in [1.82, 2.24) is 9.78 Å². The summed E-state index contributed by atoms with van der Waals surface area (Å²) in [7, 11) is 1.23. The molecule has 1 aliphatic heterocycles. The average molecular weight is 239 g/mol. The highest BCUT2D eigenvalue weighted by molar-refractivity contribution is 5.92. The van der Waals surface area contributed by atoms with Gasteiger partial charge in [-0.15, -0.1) is 4.91 Å². The molecule has 2 heterocycles. The van der Waals surface area contributed by atoms with Gasteiger partial charge in [-0.1, -0.05) is 0 Å². The standard InChI is InChI=1S/C10H13N3O4/c1-16-10(14)9-7(12-15)6-13(11-9)8-4-2-3-5-17-8/h6,8H,2-5H2,1H3. The third kappa shape index (κ3) is 2.33. The van der Waals surface area contributed by atoms with Crippen LogP contribution in [0.4, 0.5) is 5.69 Å². The minimum Gasteiger partial charge on any atom is -0.464 e. The zero-order chi connectivity index (χ0) is 12.3. The number of rotatable bonds is 3. The molecule has 7 heteroatoms. The van der Waals surface area contributed by atoms with E-state index in [0.717, 1.165) is 19.3 Å². The average Bonchev–Trinajstić information content (AvgIpc) is 2.83. The van der Waals surface area contributed by atoms with Crippen LogP contribution >= 0.6 is 0 Å². The largest absolute Gasteiger partial charge is 0.464 e. The van der Waals surface area contributed by atoms with Crippen LogP contribution in [0.15, 0.2) is 11.4 Å². The number of nitroso groups, excluding NO2 is 1. The van der Waals surface area contributed by atoms with Gasteiger partial charge in [-0.05, 0) is 24.4 Å². The van der Waals surface area contributed by atoms with E-state index in [1.54, 1.807) is 0 Å². The second-order valence-corrected chi connectivity index (χ2v) is 3.75. The Morgan fingerprint density at radius 3 is 3.06 bits per heavy atom.